The second-order valence-electron chi connectivity index (χ2n) is 10.8. The van der Waals surface area contributed by atoms with Crippen molar-refractivity contribution in [2.75, 3.05) is 30.3 Å². The number of anilines is 2. The predicted octanol–water partition coefficient (Wildman–Crippen LogP) is 2.59. The van der Waals surface area contributed by atoms with Crippen molar-refractivity contribution in [1.29, 1.82) is 0 Å². The molecule has 3 aromatic heterocycles. The van der Waals surface area contributed by atoms with Crippen molar-refractivity contribution in [3.05, 3.63) is 83.9 Å². The number of rotatable bonds is 12. The molecule has 252 valence electrons. The summed E-state index contributed by atoms with van der Waals surface area (Å²) < 4.78 is 52.0. The van der Waals surface area contributed by atoms with Crippen LogP contribution >= 0.6 is 0 Å². The van der Waals surface area contributed by atoms with Crippen molar-refractivity contribution in [1.82, 2.24) is 39.7 Å². The predicted molar refractivity (Wildman–Crippen MR) is 162 cm³/mol. The van der Waals surface area contributed by atoms with Crippen molar-refractivity contribution in [2.45, 2.75) is 50.1 Å². The normalized spacial score (nSPS) is 19.6. The maximum absolute atomic E-state index is 13.3. The number of esters is 1. The Morgan fingerprint density at radius 1 is 1.06 bits per heavy atom. The molecule has 0 saturated carbocycles. The third-order valence-electron chi connectivity index (χ3n) is 7.66. The summed E-state index contributed by atoms with van der Waals surface area (Å²) in [5.74, 6) is -2.44. The average Bonchev–Trinajstić information content (AvgIpc) is 3.82. The molecule has 18 heteroatoms. The zero-order valence-corrected chi connectivity index (χ0v) is 25.4. The van der Waals surface area contributed by atoms with E-state index in [0.717, 1.165) is 11.1 Å². The summed E-state index contributed by atoms with van der Waals surface area (Å²) in [4.78, 5) is 26.7. The van der Waals surface area contributed by atoms with Crippen LogP contribution in [0.3, 0.4) is 0 Å². The number of fused-ring (bicyclic) bond motifs is 1. The van der Waals surface area contributed by atoms with Crippen LogP contribution in [0, 0.1) is 0 Å². The Morgan fingerprint density at radius 3 is 2.35 bits per heavy atom. The molecule has 4 N–H and O–H groups in total. The summed E-state index contributed by atoms with van der Waals surface area (Å²) in [6.45, 7) is 2.26. The van der Waals surface area contributed by atoms with Gasteiger partial charge >= 0.3 is 12.1 Å². The fraction of sp³-hybridized carbons (Fsp3) is 0.367. The largest absolute Gasteiger partial charge is 0.490 e. The zero-order valence-electron chi connectivity index (χ0n) is 25.4. The van der Waals surface area contributed by atoms with Crippen molar-refractivity contribution >= 4 is 28.9 Å². The number of imidazole rings is 1. The van der Waals surface area contributed by atoms with Gasteiger partial charge in [0.05, 0.1) is 19.5 Å². The Kier molecular flexibility index (Phi) is 9.47. The Bertz CT molecular complexity index is 1800. The van der Waals surface area contributed by atoms with Gasteiger partial charge in [-0.3, -0.25) is 4.57 Å². The van der Waals surface area contributed by atoms with Gasteiger partial charge in [-0.05, 0) is 23.3 Å². The molecule has 0 spiro atoms. The summed E-state index contributed by atoms with van der Waals surface area (Å²) in [7, 11) is 0. The van der Waals surface area contributed by atoms with Gasteiger partial charge < -0.3 is 30.3 Å². The highest BCUT2D eigenvalue weighted by molar-refractivity contribution is 5.84. The van der Waals surface area contributed by atoms with Gasteiger partial charge in [-0.15, -0.1) is 10.2 Å². The summed E-state index contributed by atoms with van der Waals surface area (Å²) in [5, 5.41) is 38.6. The van der Waals surface area contributed by atoms with Crippen molar-refractivity contribution in [3.63, 3.8) is 0 Å². The molecule has 48 heavy (non-hydrogen) atoms. The number of carbonyl (C=O) groups is 1. The molecule has 4 atom stereocenters. The quantitative estimate of drug-likeness (QED) is 0.142. The first-order valence-electron chi connectivity index (χ1n) is 15.0. The molecule has 0 unspecified atom stereocenters. The van der Waals surface area contributed by atoms with E-state index in [-0.39, 0.29) is 47.8 Å². The van der Waals surface area contributed by atoms with E-state index in [0.29, 0.717) is 13.1 Å². The summed E-state index contributed by atoms with van der Waals surface area (Å²) >= 11 is 0. The number of nitrogens with one attached hydrogen (secondary N) is 2. The second kappa shape index (κ2) is 13.9. The Balaban J connectivity index is 1.39. The highest BCUT2D eigenvalue weighted by Crippen LogP contribution is 2.41. The molecule has 15 nitrogen and oxygen atoms in total. The first-order valence-corrected chi connectivity index (χ1v) is 15.0. The third kappa shape index (κ3) is 6.76. The number of ether oxygens (including phenoxy) is 2. The first kappa shape index (κ1) is 32.7. The van der Waals surface area contributed by atoms with Gasteiger partial charge in [0.15, 0.2) is 35.4 Å². The molecule has 0 radical (unpaired) electrons. The second-order valence-corrected chi connectivity index (χ2v) is 10.8. The van der Waals surface area contributed by atoms with E-state index in [9.17, 15) is 28.2 Å². The van der Waals surface area contributed by atoms with Crippen molar-refractivity contribution < 1.29 is 37.7 Å². The number of aromatic nitrogens is 8. The Labute approximate surface area is 270 Å². The number of aliphatic hydroxyl groups excluding tert-OH is 2. The molecular weight excluding hydrogens is 637 g/mol. The van der Waals surface area contributed by atoms with Crippen LogP contribution in [0.4, 0.5) is 24.9 Å². The number of carbonyl (C=O) groups excluding carboxylic acids is 1. The highest BCUT2D eigenvalue weighted by atomic mass is 19.4. The van der Waals surface area contributed by atoms with Gasteiger partial charge in [-0.1, -0.05) is 60.7 Å². The molecule has 2 aromatic carbocycles. The smallest absolute Gasteiger partial charge is 0.448 e. The van der Waals surface area contributed by atoms with Crippen molar-refractivity contribution in [2.24, 2.45) is 0 Å². The van der Waals surface area contributed by atoms with E-state index in [1.165, 1.54) is 15.7 Å². The minimum Gasteiger partial charge on any atom is -0.448 e. The summed E-state index contributed by atoms with van der Waals surface area (Å²) in [6, 6.07) is 19.6. The standard InChI is InChI=1S/C30H31F3N10O5/c1-2-43-40-25(39-41-43)22-21(45)23(48-28(46)30(31,32)33)27(47-22)42-16-36-20-24(37-29(34-13-14-44)38-26(20)42)35-15-19(17-9-5-3-6-10-17)18-11-7-4-8-12-18/h3-12,16,19,21-23,27,44-45H,2,13-15H2,1H3,(H2,34,35,37,38)/t21-,22+,23-,27-/m1/s1. The van der Waals surface area contributed by atoms with Gasteiger partial charge in [0.25, 0.3) is 0 Å². The number of hydrogen-bond acceptors (Lipinski definition) is 13. The molecule has 5 aromatic rings. The lowest BCUT2D eigenvalue weighted by atomic mass is 9.91. The fourth-order valence-electron chi connectivity index (χ4n) is 5.38. The van der Waals surface area contributed by atoms with E-state index >= 15 is 0 Å². The van der Waals surface area contributed by atoms with Crippen LogP contribution in [0.5, 0.6) is 0 Å². The van der Waals surface area contributed by atoms with Crippen LogP contribution in [0.2, 0.25) is 0 Å². The van der Waals surface area contributed by atoms with Gasteiger partial charge in [0, 0.05) is 19.0 Å². The van der Waals surface area contributed by atoms with Crippen molar-refractivity contribution in [3.8, 4) is 0 Å². The summed E-state index contributed by atoms with van der Waals surface area (Å²) in [5.41, 5.74) is 2.35. The van der Waals surface area contributed by atoms with E-state index in [4.69, 9.17) is 9.47 Å². The number of aryl methyl sites for hydroxylation is 1. The third-order valence-corrected chi connectivity index (χ3v) is 7.66. The van der Waals surface area contributed by atoms with Crippen LogP contribution in [0.25, 0.3) is 11.2 Å². The number of aliphatic hydroxyl groups is 2. The maximum Gasteiger partial charge on any atom is 0.490 e. The lowest BCUT2D eigenvalue weighted by molar-refractivity contribution is -0.211. The number of nitrogens with zero attached hydrogens (tertiary/aromatic N) is 8. The van der Waals surface area contributed by atoms with Gasteiger partial charge in [-0.25, -0.2) is 9.78 Å². The SMILES string of the molecule is CCn1nnc([C@H]2O[C@@H](n3cnc4c(NCC(c5ccccc5)c5ccccc5)nc(NCCO)nc43)[C@H](OC(=O)C(F)(F)F)[C@@H]2O)n1. The van der Waals surface area contributed by atoms with Crippen LogP contribution < -0.4 is 10.6 Å². The molecule has 0 bridgehead atoms. The van der Waals surface area contributed by atoms with E-state index < -0.39 is 36.7 Å². The van der Waals surface area contributed by atoms with Crippen LogP contribution in [-0.2, 0) is 20.8 Å². The minimum atomic E-state index is -5.35. The van der Waals surface area contributed by atoms with E-state index in [1.807, 2.05) is 60.7 Å². The van der Waals surface area contributed by atoms with Gasteiger partial charge in [-0.2, -0.15) is 27.9 Å². The molecule has 6 rings (SSSR count). The number of tetrazole rings is 1. The molecule has 1 saturated heterocycles. The summed E-state index contributed by atoms with van der Waals surface area (Å²) in [6.07, 6.45) is -10.8. The van der Waals surface area contributed by atoms with Crippen LogP contribution in [0.1, 0.15) is 42.1 Å². The molecule has 0 aliphatic carbocycles. The van der Waals surface area contributed by atoms with Gasteiger partial charge in [0.1, 0.15) is 6.10 Å². The zero-order chi connectivity index (χ0) is 33.8. The lowest BCUT2D eigenvalue weighted by Crippen LogP contribution is -2.38. The van der Waals surface area contributed by atoms with Crippen LogP contribution in [0.15, 0.2) is 67.0 Å². The fourth-order valence-corrected chi connectivity index (χ4v) is 5.38. The number of halogens is 3. The number of hydrogen-bond donors (Lipinski definition) is 4. The number of benzene rings is 2. The molecule has 1 aliphatic heterocycles. The lowest BCUT2D eigenvalue weighted by Gasteiger charge is -2.22. The molecule has 1 fully saturated rings. The van der Waals surface area contributed by atoms with E-state index in [2.05, 4.69) is 41.0 Å². The first-order chi connectivity index (χ1) is 23.2. The Morgan fingerprint density at radius 2 is 1.75 bits per heavy atom. The molecule has 0 amide bonds. The number of alkyl halides is 3. The Hall–Kier alpha value is -5.20. The topological polar surface area (TPSA) is 187 Å². The minimum absolute atomic E-state index is 0.0586. The maximum atomic E-state index is 13.3. The molecule has 1 aliphatic rings. The van der Waals surface area contributed by atoms with Crippen LogP contribution in [-0.4, -0.2) is 94.0 Å². The highest BCUT2D eigenvalue weighted by Gasteiger charge is 2.53. The monoisotopic (exact) mass is 668 g/mol. The van der Waals surface area contributed by atoms with Gasteiger partial charge in [0.2, 0.25) is 11.8 Å². The average molecular weight is 669 g/mol. The molecule has 4 heterocycles. The molecular formula is C30H31F3N10O5. The van der Waals surface area contributed by atoms with E-state index in [1.54, 1.807) is 6.92 Å².